The van der Waals surface area contributed by atoms with E-state index in [2.05, 4.69) is 26.3 Å². The highest BCUT2D eigenvalue weighted by molar-refractivity contribution is 5.02. The highest BCUT2D eigenvalue weighted by atomic mass is 16.5. The van der Waals surface area contributed by atoms with Gasteiger partial charge in [-0.15, -0.1) is 0 Å². The van der Waals surface area contributed by atoms with Crippen molar-refractivity contribution in [3.8, 4) is 0 Å². The lowest BCUT2D eigenvalue weighted by atomic mass is 10.2. The molecule has 0 bridgehead atoms. The molecule has 2 heteroatoms. The number of allylic oxidation sites excluding steroid dienone is 2. The van der Waals surface area contributed by atoms with E-state index >= 15 is 0 Å². The van der Waals surface area contributed by atoms with Crippen LogP contribution in [-0.4, -0.2) is 13.2 Å². The molecule has 0 spiro atoms. The van der Waals surface area contributed by atoms with Crippen molar-refractivity contribution < 1.29 is 9.47 Å². The van der Waals surface area contributed by atoms with Crippen molar-refractivity contribution in [3.05, 3.63) is 50.0 Å². The molecule has 0 aromatic carbocycles. The third-order valence-electron chi connectivity index (χ3n) is 1.82. The number of unbranched alkanes of at least 4 members (excludes halogenated alkanes) is 2. The van der Waals surface area contributed by atoms with Crippen molar-refractivity contribution in [1.29, 1.82) is 0 Å². The second-order valence-electron chi connectivity index (χ2n) is 3.10. The highest BCUT2D eigenvalue weighted by Gasteiger charge is 1.92. The fourth-order valence-corrected chi connectivity index (χ4v) is 0.905. The molecule has 0 amide bonds. The van der Waals surface area contributed by atoms with Crippen molar-refractivity contribution in [2.75, 3.05) is 13.2 Å². The summed E-state index contributed by atoms with van der Waals surface area (Å²) in [6.07, 6.45) is 6.27. The van der Waals surface area contributed by atoms with Gasteiger partial charge in [-0.25, -0.2) is 0 Å². The molecule has 0 aliphatic carbocycles. The molecule has 84 valence electrons. The van der Waals surface area contributed by atoms with Gasteiger partial charge in [0.25, 0.3) is 0 Å². The Morgan fingerprint density at radius 1 is 0.800 bits per heavy atom. The maximum Gasteiger partial charge on any atom is 0.111 e. The van der Waals surface area contributed by atoms with Gasteiger partial charge in [0.15, 0.2) is 0 Å². The molecule has 0 N–H and O–H groups in total. The zero-order valence-corrected chi connectivity index (χ0v) is 9.34. The first-order chi connectivity index (χ1) is 7.20. The third kappa shape index (κ3) is 8.88. The molecule has 2 nitrogen and oxygen atoms in total. The normalized spacial score (nSPS) is 9.07. The summed E-state index contributed by atoms with van der Waals surface area (Å²) in [5.74, 6) is 1.26. The second-order valence-corrected chi connectivity index (χ2v) is 3.10. The minimum absolute atomic E-state index is 0.631. The van der Waals surface area contributed by atoms with Gasteiger partial charge in [0.1, 0.15) is 11.5 Å². The van der Waals surface area contributed by atoms with Gasteiger partial charge in [-0.2, -0.15) is 0 Å². The Balaban J connectivity index is 3.18. The monoisotopic (exact) mass is 208 g/mol. The molecular weight excluding hydrogens is 188 g/mol. The summed E-state index contributed by atoms with van der Waals surface area (Å²) in [4.78, 5) is 0. The second kappa shape index (κ2) is 9.13. The minimum atomic E-state index is 0.631. The van der Waals surface area contributed by atoms with Crippen LogP contribution in [0.2, 0.25) is 0 Å². The Kier molecular flexibility index (Phi) is 8.25. The van der Waals surface area contributed by atoms with E-state index in [0.717, 1.165) is 19.3 Å². The van der Waals surface area contributed by atoms with Gasteiger partial charge < -0.3 is 9.47 Å². The van der Waals surface area contributed by atoms with Crippen LogP contribution >= 0.6 is 0 Å². The van der Waals surface area contributed by atoms with Crippen LogP contribution in [-0.2, 0) is 9.47 Å². The lowest BCUT2D eigenvalue weighted by Crippen LogP contribution is -1.95. The van der Waals surface area contributed by atoms with Crippen LogP contribution in [0.15, 0.2) is 50.0 Å². The van der Waals surface area contributed by atoms with Gasteiger partial charge >= 0.3 is 0 Å². The predicted octanol–water partition coefficient (Wildman–Crippen LogP) is 3.59. The fraction of sp³-hybridized carbons (Fsp3) is 0.385. The Morgan fingerprint density at radius 2 is 1.20 bits per heavy atom. The summed E-state index contributed by atoms with van der Waals surface area (Å²) in [6, 6.07) is 0. The van der Waals surface area contributed by atoms with Gasteiger partial charge in [-0.05, 0) is 31.4 Å². The van der Waals surface area contributed by atoms with E-state index in [1.54, 1.807) is 12.2 Å². The lowest BCUT2D eigenvalue weighted by molar-refractivity contribution is 0.198. The van der Waals surface area contributed by atoms with Crippen LogP contribution in [0.3, 0.4) is 0 Å². The van der Waals surface area contributed by atoms with Crippen LogP contribution in [0.4, 0.5) is 0 Å². The van der Waals surface area contributed by atoms with Crippen molar-refractivity contribution in [3.63, 3.8) is 0 Å². The van der Waals surface area contributed by atoms with E-state index in [1.807, 2.05) is 0 Å². The van der Waals surface area contributed by atoms with E-state index in [9.17, 15) is 0 Å². The first-order valence-corrected chi connectivity index (χ1v) is 5.09. The third-order valence-corrected chi connectivity index (χ3v) is 1.82. The average molecular weight is 208 g/mol. The van der Waals surface area contributed by atoms with E-state index in [0.29, 0.717) is 24.7 Å². The number of hydrogen-bond donors (Lipinski definition) is 0. The summed E-state index contributed by atoms with van der Waals surface area (Å²) in [6.45, 7) is 15.8. The van der Waals surface area contributed by atoms with Gasteiger partial charge in [0, 0.05) is 0 Å². The van der Waals surface area contributed by atoms with Gasteiger partial charge in [0.2, 0.25) is 0 Å². The number of ether oxygens (including phenoxy) is 2. The van der Waals surface area contributed by atoms with Gasteiger partial charge in [0.05, 0.1) is 13.2 Å². The van der Waals surface area contributed by atoms with Crippen molar-refractivity contribution in [2.45, 2.75) is 19.3 Å². The summed E-state index contributed by atoms with van der Waals surface area (Å²) >= 11 is 0. The first kappa shape index (κ1) is 13.6. The van der Waals surface area contributed by atoms with Crippen molar-refractivity contribution in [2.24, 2.45) is 0 Å². The zero-order valence-electron chi connectivity index (χ0n) is 9.34. The van der Waals surface area contributed by atoms with E-state index < -0.39 is 0 Å². The Morgan fingerprint density at radius 3 is 1.53 bits per heavy atom. The SMILES string of the molecule is C=CC(=C)OCCCCCOC(=C)C=C. The molecule has 0 fully saturated rings. The smallest absolute Gasteiger partial charge is 0.111 e. The molecule has 15 heavy (non-hydrogen) atoms. The number of rotatable bonds is 10. The quantitative estimate of drug-likeness (QED) is 0.310. The maximum absolute atomic E-state index is 5.25. The number of hydrogen-bond acceptors (Lipinski definition) is 2. The van der Waals surface area contributed by atoms with Crippen molar-refractivity contribution in [1.82, 2.24) is 0 Å². The molecule has 0 rings (SSSR count). The molecule has 0 unspecified atom stereocenters. The summed E-state index contributed by atoms with van der Waals surface area (Å²) < 4.78 is 10.5. The molecule has 0 saturated heterocycles. The Bertz CT molecular complexity index is 205. The molecule has 0 atom stereocenters. The van der Waals surface area contributed by atoms with Crippen LogP contribution in [0, 0.1) is 0 Å². The zero-order chi connectivity index (χ0) is 11.5. The van der Waals surface area contributed by atoms with Gasteiger partial charge in [-0.3, -0.25) is 0 Å². The standard InChI is InChI=1S/C13H20O2/c1-5-12(3)14-10-8-7-9-11-15-13(4)6-2/h5-6H,1-4,7-11H2. The molecule has 0 aromatic heterocycles. The minimum Gasteiger partial charge on any atom is -0.494 e. The lowest BCUT2D eigenvalue weighted by Gasteiger charge is -2.06. The molecule has 0 aliphatic heterocycles. The maximum atomic E-state index is 5.25. The Hall–Kier alpha value is -1.44. The average Bonchev–Trinajstić information content (AvgIpc) is 2.26. The van der Waals surface area contributed by atoms with Crippen molar-refractivity contribution >= 4 is 0 Å². The molecule has 0 aliphatic rings. The first-order valence-electron chi connectivity index (χ1n) is 5.09. The molecule has 0 saturated carbocycles. The van der Waals surface area contributed by atoms with Crippen LogP contribution in [0.5, 0.6) is 0 Å². The highest BCUT2D eigenvalue weighted by Crippen LogP contribution is 2.02. The van der Waals surface area contributed by atoms with E-state index in [4.69, 9.17) is 9.47 Å². The van der Waals surface area contributed by atoms with E-state index in [1.165, 1.54) is 0 Å². The topological polar surface area (TPSA) is 18.5 Å². The fourth-order valence-electron chi connectivity index (χ4n) is 0.905. The molecule has 0 aromatic rings. The summed E-state index contributed by atoms with van der Waals surface area (Å²) in [7, 11) is 0. The largest absolute Gasteiger partial charge is 0.494 e. The van der Waals surface area contributed by atoms with Crippen LogP contribution in [0.25, 0.3) is 0 Å². The van der Waals surface area contributed by atoms with Gasteiger partial charge in [-0.1, -0.05) is 26.3 Å². The predicted molar refractivity (Wildman–Crippen MR) is 64.4 cm³/mol. The molecular formula is C13H20O2. The van der Waals surface area contributed by atoms with Crippen LogP contribution < -0.4 is 0 Å². The molecule has 0 radical (unpaired) electrons. The molecule has 0 heterocycles. The Labute approximate surface area is 92.6 Å². The van der Waals surface area contributed by atoms with E-state index in [-0.39, 0.29) is 0 Å². The van der Waals surface area contributed by atoms with Crippen LogP contribution in [0.1, 0.15) is 19.3 Å². The summed E-state index contributed by atoms with van der Waals surface area (Å²) in [5, 5.41) is 0. The summed E-state index contributed by atoms with van der Waals surface area (Å²) in [5.41, 5.74) is 0.